The third-order valence-electron chi connectivity index (χ3n) is 4.53. The molecule has 0 saturated carbocycles. The number of aliphatic hydroxyl groups is 2. The Morgan fingerprint density at radius 1 is 1.41 bits per heavy atom. The van der Waals surface area contributed by atoms with Crippen LogP contribution in [0.2, 0.25) is 0 Å². The van der Waals surface area contributed by atoms with E-state index >= 15 is 0 Å². The van der Waals surface area contributed by atoms with Gasteiger partial charge in [0.15, 0.2) is 29.4 Å². The Kier molecular flexibility index (Phi) is 6.60. The average molecular weight is 404 g/mol. The molecule has 11 heteroatoms. The summed E-state index contributed by atoms with van der Waals surface area (Å²) in [4.78, 5) is 30.2. The number of hydrogen-bond acceptors (Lipinski definition) is 9. The summed E-state index contributed by atoms with van der Waals surface area (Å²) in [6.45, 7) is 2.08. The fourth-order valence-electron chi connectivity index (χ4n) is 3.00. The molecule has 3 rings (SSSR count). The van der Waals surface area contributed by atoms with Gasteiger partial charge >= 0.3 is 0 Å². The highest BCUT2D eigenvalue weighted by Gasteiger charge is 2.46. The normalized spacial score (nSPS) is 23.6. The Hall–Kier alpha value is -2.78. The molecule has 4 atom stereocenters. The van der Waals surface area contributed by atoms with Crippen LogP contribution in [0.1, 0.15) is 38.2 Å². The van der Waals surface area contributed by atoms with Crippen molar-refractivity contribution in [1.29, 1.82) is 0 Å². The zero-order chi connectivity index (χ0) is 21.0. The van der Waals surface area contributed by atoms with Crippen LogP contribution in [0.15, 0.2) is 6.33 Å². The number of anilines is 1. The number of amides is 1. The molecule has 1 aliphatic rings. The van der Waals surface area contributed by atoms with E-state index in [1.807, 2.05) is 0 Å². The van der Waals surface area contributed by atoms with E-state index in [2.05, 4.69) is 39.2 Å². The van der Waals surface area contributed by atoms with E-state index in [1.54, 1.807) is 0 Å². The summed E-state index contributed by atoms with van der Waals surface area (Å²) in [5, 5.41) is 20.7. The lowest BCUT2D eigenvalue weighted by Crippen LogP contribution is -2.41. The van der Waals surface area contributed by atoms with Gasteiger partial charge in [-0.3, -0.25) is 14.2 Å². The van der Waals surface area contributed by atoms with Crippen LogP contribution < -0.4 is 5.48 Å². The van der Waals surface area contributed by atoms with Gasteiger partial charge < -0.3 is 19.8 Å². The number of nitrogens with one attached hydrogen (secondary N) is 1. The van der Waals surface area contributed by atoms with Crippen molar-refractivity contribution in [3.05, 3.63) is 12.2 Å². The number of aliphatic hydroxyl groups excluding tert-OH is 2. The van der Waals surface area contributed by atoms with Crippen LogP contribution in [0.3, 0.4) is 0 Å². The standard InChI is InChI=1S/C18H24N6O5/c1-4-5-6-7-8-11-20-15(22-28-3)12-16(21-11)24(9-19-12)18-14(27)13(26)17(29-18)23(2)10-25/h9-10,13-14,17-18,26-27H,4-6H2,1-3H3,(H,20,21,22)/t13-,14+,17-,18+/m0/s1. The molecular weight excluding hydrogens is 380 g/mol. The van der Waals surface area contributed by atoms with Crippen molar-refractivity contribution in [3.8, 4) is 11.8 Å². The minimum atomic E-state index is -1.30. The molecule has 0 spiro atoms. The van der Waals surface area contributed by atoms with Gasteiger partial charge in [0, 0.05) is 13.5 Å². The van der Waals surface area contributed by atoms with Gasteiger partial charge in [-0.2, -0.15) is 4.98 Å². The molecule has 0 radical (unpaired) electrons. The van der Waals surface area contributed by atoms with Crippen molar-refractivity contribution in [3.63, 3.8) is 0 Å². The fraction of sp³-hybridized carbons (Fsp3) is 0.556. The number of ether oxygens (including phenoxy) is 1. The Bertz CT molecular complexity index is 923. The van der Waals surface area contributed by atoms with Crippen LogP contribution >= 0.6 is 0 Å². The molecule has 0 bridgehead atoms. The quantitative estimate of drug-likeness (QED) is 0.252. The fourth-order valence-corrected chi connectivity index (χ4v) is 3.00. The number of rotatable bonds is 7. The Morgan fingerprint density at radius 2 is 2.21 bits per heavy atom. The van der Waals surface area contributed by atoms with E-state index in [1.165, 1.54) is 25.1 Å². The predicted molar refractivity (Wildman–Crippen MR) is 102 cm³/mol. The highest BCUT2D eigenvalue weighted by atomic mass is 16.6. The van der Waals surface area contributed by atoms with Gasteiger partial charge in [-0.1, -0.05) is 19.3 Å². The molecule has 29 heavy (non-hydrogen) atoms. The lowest BCUT2D eigenvalue weighted by Gasteiger charge is -2.22. The van der Waals surface area contributed by atoms with Crippen molar-refractivity contribution in [2.45, 2.75) is 50.8 Å². The molecular formula is C18H24N6O5. The topological polar surface area (TPSA) is 135 Å². The molecule has 2 aromatic rings. The number of hydrogen-bond donors (Lipinski definition) is 3. The summed E-state index contributed by atoms with van der Waals surface area (Å²) in [5.74, 6) is 6.51. The van der Waals surface area contributed by atoms with Crippen LogP contribution in [0, 0.1) is 11.8 Å². The number of carbonyl (C=O) groups excluding carboxylic acids is 1. The van der Waals surface area contributed by atoms with Crippen molar-refractivity contribution >= 4 is 23.4 Å². The molecule has 0 unspecified atom stereocenters. The molecule has 1 aliphatic heterocycles. The highest BCUT2D eigenvalue weighted by Crippen LogP contribution is 2.33. The number of fused-ring (bicyclic) bond motifs is 1. The zero-order valence-electron chi connectivity index (χ0n) is 16.4. The lowest BCUT2D eigenvalue weighted by atomic mass is 10.2. The van der Waals surface area contributed by atoms with Gasteiger partial charge in [-0.25, -0.2) is 15.4 Å². The number of aromatic nitrogens is 4. The maximum Gasteiger partial charge on any atom is 0.211 e. The van der Waals surface area contributed by atoms with Gasteiger partial charge in [0.05, 0.1) is 13.4 Å². The van der Waals surface area contributed by atoms with Crippen molar-refractivity contribution in [2.24, 2.45) is 0 Å². The van der Waals surface area contributed by atoms with Crippen LogP contribution in [-0.4, -0.2) is 73.6 Å². The maximum atomic E-state index is 11.0. The summed E-state index contributed by atoms with van der Waals surface area (Å²) < 4.78 is 7.19. The number of likely N-dealkylation sites (N-methyl/N-ethyl adjacent to an activating group) is 1. The second-order valence-electron chi connectivity index (χ2n) is 6.60. The van der Waals surface area contributed by atoms with Gasteiger partial charge in [0.25, 0.3) is 0 Å². The number of carbonyl (C=O) groups is 1. The Balaban J connectivity index is 2.01. The molecule has 1 saturated heterocycles. The minimum absolute atomic E-state index is 0.254. The van der Waals surface area contributed by atoms with E-state index in [4.69, 9.17) is 9.57 Å². The first-order valence-corrected chi connectivity index (χ1v) is 9.23. The number of imidazole rings is 1. The SMILES string of the molecule is CCCCC#Cc1nc(NOC)c2ncn([C@@H]3O[C@H](N(C)C=O)[C@@H](O)[C@H]3O)c2n1. The first-order chi connectivity index (χ1) is 14.0. The largest absolute Gasteiger partial charge is 0.385 e. The second-order valence-corrected chi connectivity index (χ2v) is 6.60. The molecule has 11 nitrogen and oxygen atoms in total. The van der Waals surface area contributed by atoms with E-state index in [-0.39, 0.29) is 5.82 Å². The molecule has 156 valence electrons. The Labute approximate surface area is 167 Å². The summed E-state index contributed by atoms with van der Waals surface area (Å²) >= 11 is 0. The molecule has 3 heterocycles. The number of unbranched alkanes of at least 4 members (excludes halogenated alkanes) is 2. The first-order valence-electron chi connectivity index (χ1n) is 9.23. The van der Waals surface area contributed by atoms with E-state index in [0.29, 0.717) is 23.4 Å². The van der Waals surface area contributed by atoms with Crippen molar-refractivity contribution < 1.29 is 24.6 Å². The first kappa shape index (κ1) is 20.9. The molecule has 3 N–H and O–H groups in total. The van der Waals surface area contributed by atoms with E-state index in [0.717, 1.165) is 24.2 Å². The second kappa shape index (κ2) is 9.15. The molecule has 1 fully saturated rings. The van der Waals surface area contributed by atoms with Crippen molar-refractivity contribution in [1.82, 2.24) is 24.4 Å². The molecule has 1 amide bonds. The maximum absolute atomic E-state index is 11.0. The van der Waals surface area contributed by atoms with Gasteiger partial charge in [0.2, 0.25) is 12.2 Å². The Morgan fingerprint density at radius 3 is 2.90 bits per heavy atom. The molecule has 2 aromatic heterocycles. The van der Waals surface area contributed by atoms with Crippen LogP contribution in [0.4, 0.5) is 5.82 Å². The zero-order valence-corrected chi connectivity index (χ0v) is 16.4. The number of nitrogens with zero attached hydrogens (tertiary/aromatic N) is 5. The summed E-state index contributed by atoms with van der Waals surface area (Å²) in [7, 11) is 2.90. The van der Waals surface area contributed by atoms with E-state index < -0.39 is 24.7 Å². The smallest absolute Gasteiger partial charge is 0.211 e. The third kappa shape index (κ3) is 4.15. The minimum Gasteiger partial charge on any atom is -0.385 e. The summed E-state index contributed by atoms with van der Waals surface area (Å²) in [6, 6.07) is 0. The molecule has 0 aromatic carbocycles. The lowest BCUT2D eigenvalue weighted by molar-refractivity contribution is -0.138. The van der Waals surface area contributed by atoms with Gasteiger partial charge in [-0.05, 0) is 12.3 Å². The molecule has 0 aliphatic carbocycles. The predicted octanol–water partition coefficient (Wildman–Crippen LogP) is 0.00620. The van der Waals surface area contributed by atoms with Crippen LogP contribution in [-0.2, 0) is 14.4 Å². The average Bonchev–Trinajstić information content (AvgIpc) is 3.26. The highest BCUT2D eigenvalue weighted by molar-refractivity contribution is 5.83. The monoisotopic (exact) mass is 404 g/mol. The van der Waals surface area contributed by atoms with E-state index in [9.17, 15) is 15.0 Å². The van der Waals surface area contributed by atoms with Gasteiger partial charge in [-0.15, -0.1) is 0 Å². The van der Waals surface area contributed by atoms with Crippen LogP contribution in [0.5, 0.6) is 0 Å². The summed E-state index contributed by atoms with van der Waals surface area (Å²) in [6.07, 6.45) is 0.0631. The van der Waals surface area contributed by atoms with Crippen molar-refractivity contribution in [2.75, 3.05) is 19.6 Å². The van der Waals surface area contributed by atoms with Crippen LogP contribution in [0.25, 0.3) is 11.2 Å². The van der Waals surface area contributed by atoms with Gasteiger partial charge in [0.1, 0.15) is 12.2 Å². The third-order valence-corrected chi connectivity index (χ3v) is 4.53. The summed E-state index contributed by atoms with van der Waals surface area (Å²) in [5.41, 5.74) is 3.37.